The number of hydrogen-bond donors (Lipinski definition) is 0. The molecule has 25 heavy (non-hydrogen) atoms. The normalized spacial score (nSPS) is 27.4. The predicted octanol–water partition coefficient (Wildman–Crippen LogP) is 0.858. The minimum atomic E-state index is -3.27. The van der Waals surface area contributed by atoms with Crippen molar-refractivity contribution in [3.63, 3.8) is 0 Å². The first-order chi connectivity index (χ1) is 11.8. The van der Waals surface area contributed by atoms with Crippen LogP contribution in [0.4, 0.5) is 0 Å². The molecule has 0 aromatic heterocycles. The Balaban J connectivity index is 1.83. The highest BCUT2D eigenvalue weighted by Crippen LogP contribution is 2.45. The summed E-state index contributed by atoms with van der Waals surface area (Å²) in [5.74, 6) is 0.175. The number of likely N-dealkylation sites (tertiary alicyclic amines) is 1. The van der Waals surface area contributed by atoms with E-state index in [4.69, 9.17) is 0 Å². The van der Waals surface area contributed by atoms with Crippen molar-refractivity contribution in [2.24, 2.45) is 11.3 Å². The Morgan fingerprint density at radius 3 is 2.48 bits per heavy atom. The second-order valence-electron chi connectivity index (χ2n) is 7.40. The number of rotatable bonds is 5. The Kier molecular flexibility index (Phi) is 4.92. The number of amides is 1. The van der Waals surface area contributed by atoms with Crippen LogP contribution in [0.1, 0.15) is 12.5 Å². The van der Waals surface area contributed by atoms with Crippen LogP contribution in [-0.2, 0) is 21.4 Å². The zero-order chi connectivity index (χ0) is 18.2. The summed E-state index contributed by atoms with van der Waals surface area (Å²) in [5, 5.41) is 0. The molecule has 1 aromatic carbocycles. The second-order valence-corrected chi connectivity index (χ2v) is 9.66. The van der Waals surface area contributed by atoms with Crippen molar-refractivity contribution in [3.8, 4) is 0 Å². The molecule has 2 aliphatic heterocycles. The van der Waals surface area contributed by atoms with Crippen molar-refractivity contribution in [2.75, 3.05) is 46.0 Å². The molecule has 6 nitrogen and oxygen atoms in total. The Labute approximate surface area is 150 Å². The standard InChI is InChI=1S/C18H27N3O3S/c1-4-25(23,24)21-12-16-11-20(10-15-8-6-5-7-9-15)13-18(16,14-21)17(22)19(2)3/h5-9,16H,4,10-14H2,1-3H3/t16-,18-/m0/s1. The minimum absolute atomic E-state index is 0.0434. The van der Waals surface area contributed by atoms with Gasteiger partial charge in [0.15, 0.2) is 0 Å². The van der Waals surface area contributed by atoms with Crippen LogP contribution in [0.15, 0.2) is 30.3 Å². The Hall–Kier alpha value is -1.44. The Morgan fingerprint density at radius 2 is 1.88 bits per heavy atom. The lowest BCUT2D eigenvalue weighted by atomic mass is 9.80. The first-order valence-electron chi connectivity index (χ1n) is 8.74. The number of benzene rings is 1. The smallest absolute Gasteiger partial charge is 0.231 e. The van der Waals surface area contributed by atoms with Crippen LogP contribution in [0.2, 0.25) is 0 Å². The summed E-state index contributed by atoms with van der Waals surface area (Å²) in [7, 11) is 0.240. The summed E-state index contributed by atoms with van der Waals surface area (Å²) in [5.41, 5.74) is 0.591. The molecule has 1 aromatic rings. The molecule has 3 rings (SSSR count). The third kappa shape index (κ3) is 3.32. The van der Waals surface area contributed by atoms with Crippen LogP contribution < -0.4 is 0 Å². The average Bonchev–Trinajstić information content (AvgIpc) is 3.10. The quantitative estimate of drug-likeness (QED) is 0.776. The first kappa shape index (κ1) is 18.4. The predicted molar refractivity (Wildman–Crippen MR) is 97.4 cm³/mol. The molecule has 7 heteroatoms. The SMILES string of the molecule is CCS(=O)(=O)N1C[C@@H]2CN(Cc3ccccc3)C[C@]2(C(=O)N(C)C)C1. The maximum absolute atomic E-state index is 13.0. The molecule has 0 radical (unpaired) electrons. The highest BCUT2D eigenvalue weighted by Gasteiger charge is 2.59. The molecule has 0 aliphatic carbocycles. The van der Waals surface area contributed by atoms with E-state index in [2.05, 4.69) is 17.0 Å². The highest BCUT2D eigenvalue weighted by molar-refractivity contribution is 7.89. The highest BCUT2D eigenvalue weighted by atomic mass is 32.2. The first-order valence-corrected chi connectivity index (χ1v) is 10.4. The largest absolute Gasteiger partial charge is 0.348 e. The van der Waals surface area contributed by atoms with Gasteiger partial charge in [0.05, 0.1) is 11.2 Å². The Bertz CT molecular complexity index is 735. The zero-order valence-electron chi connectivity index (χ0n) is 15.2. The molecule has 2 atom stereocenters. The summed E-state index contributed by atoms with van der Waals surface area (Å²) < 4.78 is 26.2. The molecular formula is C18H27N3O3S. The van der Waals surface area contributed by atoms with Gasteiger partial charge in [-0.3, -0.25) is 9.69 Å². The van der Waals surface area contributed by atoms with E-state index in [0.29, 0.717) is 19.6 Å². The maximum Gasteiger partial charge on any atom is 0.231 e. The van der Waals surface area contributed by atoms with Gasteiger partial charge < -0.3 is 4.90 Å². The van der Waals surface area contributed by atoms with Gasteiger partial charge in [-0.25, -0.2) is 12.7 Å². The summed E-state index contributed by atoms with van der Waals surface area (Å²) in [6, 6.07) is 10.2. The van der Waals surface area contributed by atoms with E-state index >= 15 is 0 Å². The molecule has 2 saturated heterocycles. The van der Waals surface area contributed by atoms with E-state index in [0.717, 1.165) is 13.1 Å². The summed E-state index contributed by atoms with van der Waals surface area (Å²) in [4.78, 5) is 16.9. The summed E-state index contributed by atoms with van der Waals surface area (Å²) in [6.07, 6.45) is 0. The molecule has 0 saturated carbocycles. The fraction of sp³-hybridized carbons (Fsp3) is 0.611. The fourth-order valence-corrected chi connectivity index (χ4v) is 5.43. The molecule has 0 bridgehead atoms. The Morgan fingerprint density at radius 1 is 1.20 bits per heavy atom. The summed E-state index contributed by atoms with van der Waals surface area (Å²) in [6.45, 7) is 4.56. The fourth-order valence-electron chi connectivity index (χ4n) is 4.23. The maximum atomic E-state index is 13.0. The molecule has 0 N–H and O–H groups in total. The van der Waals surface area contributed by atoms with Crippen molar-refractivity contribution >= 4 is 15.9 Å². The summed E-state index contributed by atoms with van der Waals surface area (Å²) >= 11 is 0. The van der Waals surface area contributed by atoms with Crippen LogP contribution in [0.5, 0.6) is 0 Å². The van der Waals surface area contributed by atoms with Crippen molar-refractivity contribution in [3.05, 3.63) is 35.9 Å². The van der Waals surface area contributed by atoms with E-state index in [1.54, 1.807) is 25.9 Å². The van der Waals surface area contributed by atoms with Crippen LogP contribution in [0.3, 0.4) is 0 Å². The van der Waals surface area contributed by atoms with Crippen LogP contribution in [-0.4, -0.2) is 74.5 Å². The van der Waals surface area contributed by atoms with E-state index < -0.39 is 15.4 Å². The van der Waals surface area contributed by atoms with Gasteiger partial charge in [-0.05, 0) is 12.5 Å². The topological polar surface area (TPSA) is 60.9 Å². The molecule has 0 spiro atoms. The van der Waals surface area contributed by atoms with E-state index in [9.17, 15) is 13.2 Å². The molecule has 1 amide bonds. The molecule has 2 heterocycles. The van der Waals surface area contributed by atoms with Gasteiger partial charge in [-0.2, -0.15) is 0 Å². The lowest BCUT2D eigenvalue weighted by Gasteiger charge is -2.30. The molecule has 2 fully saturated rings. The third-order valence-corrected chi connectivity index (χ3v) is 7.28. The van der Waals surface area contributed by atoms with Crippen LogP contribution in [0, 0.1) is 11.3 Å². The van der Waals surface area contributed by atoms with Crippen molar-refractivity contribution < 1.29 is 13.2 Å². The lowest BCUT2D eigenvalue weighted by molar-refractivity contribution is -0.139. The van der Waals surface area contributed by atoms with E-state index in [-0.39, 0.29) is 17.6 Å². The zero-order valence-corrected chi connectivity index (χ0v) is 16.0. The number of fused-ring (bicyclic) bond motifs is 1. The van der Waals surface area contributed by atoms with E-state index in [1.165, 1.54) is 9.87 Å². The second kappa shape index (κ2) is 6.70. The molecular weight excluding hydrogens is 338 g/mol. The van der Waals surface area contributed by atoms with Crippen molar-refractivity contribution in [1.29, 1.82) is 0 Å². The number of hydrogen-bond acceptors (Lipinski definition) is 4. The third-order valence-electron chi connectivity index (χ3n) is 5.49. The van der Waals surface area contributed by atoms with Crippen LogP contribution in [0.25, 0.3) is 0 Å². The van der Waals surface area contributed by atoms with E-state index in [1.807, 2.05) is 18.2 Å². The monoisotopic (exact) mass is 365 g/mol. The number of carbonyl (C=O) groups excluding carboxylic acids is 1. The van der Waals surface area contributed by atoms with Gasteiger partial charge in [0, 0.05) is 52.7 Å². The van der Waals surface area contributed by atoms with Crippen molar-refractivity contribution in [1.82, 2.24) is 14.1 Å². The minimum Gasteiger partial charge on any atom is -0.348 e. The number of carbonyl (C=O) groups is 1. The molecule has 2 aliphatic rings. The van der Waals surface area contributed by atoms with Gasteiger partial charge in [0.1, 0.15) is 0 Å². The van der Waals surface area contributed by atoms with Crippen molar-refractivity contribution in [2.45, 2.75) is 13.5 Å². The molecule has 138 valence electrons. The van der Waals surface area contributed by atoms with Crippen LogP contribution >= 0.6 is 0 Å². The van der Waals surface area contributed by atoms with Gasteiger partial charge in [0.25, 0.3) is 0 Å². The van der Waals surface area contributed by atoms with Gasteiger partial charge >= 0.3 is 0 Å². The lowest BCUT2D eigenvalue weighted by Crippen LogP contribution is -2.47. The van der Waals surface area contributed by atoms with Gasteiger partial charge in [0.2, 0.25) is 15.9 Å². The average molecular weight is 365 g/mol. The van der Waals surface area contributed by atoms with Gasteiger partial charge in [-0.1, -0.05) is 30.3 Å². The molecule has 0 unspecified atom stereocenters. The number of sulfonamides is 1. The number of nitrogens with zero attached hydrogens (tertiary/aromatic N) is 3. The van der Waals surface area contributed by atoms with Gasteiger partial charge in [-0.15, -0.1) is 0 Å².